The van der Waals surface area contributed by atoms with E-state index >= 15 is 0 Å². The Balaban J connectivity index is 1.47. The summed E-state index contributed by atoms with van der Waals surface area (Å²) in [7, 11) is 0. The predicted molar refractivity (Wildman–Crippen MR) is 79.9 cm³/mol. The molecule has 3 atom stereocenters. The summed E-state index contributed by atoms with van der Waals surface area (Å²) in [6.07, 6.45) is 9.46. The summed E-state index contributed by atoms with van der Waals surface area (Å²) >= 11 is 0. The zero-order valence-corrected chi connectivity index (χ0v) is 11.7. The smallest absolute Gasteiger partial charge is 0.325 e. The number of amides is 1. The van der Waals surface area contributed by atoms with Crippen molar-refractivity contribution in [3.05, 3.63) is 43.0 Å². The van der Waals surface area contributed by atoms with Crippen LogP contribution < -0.4 is 10.6 Å². The number of fused-ring (bicyclic) bond motifs is 2. The Morgan fingerprint density at radius 3 is 3.00 bits per heavy atom. The monoisotopic (exact) mass is 282 g/mol. The third-order valence-electron chi connectivity index (χ3n) is 4.59. The second-order valence-corrected chi connectivity index (χ2v) is 5.94. The fourth-order valence-electron chi connectivity index (χ4n) is 3.47. The maximum atomic E-state index is 12.3. The highest BCUT2D eigenvalue weighted by molar-refractivity contribution is 5.79. The molecule has 4 rings (SSSR count). The van der Waals surface area contributed by atoms with Crippen molar-refractivity contribution in [2.45, 2.75) is 24.9 Å². The van der Waals surface area contributed by atoms with Crippen molar-refractivity contribution in [2.24, 2.45) is 5.92 Å². The number of rotatable bonds is 2. The minimum Gasteiger partial charge on any atom is -0.334 e. The van der Waals surface area contributed by atoms with Gasteiger partial charge in [-0.3, -0.25) is 9.55 Å². The van der Waals surface area contributed by atoms with Crippen molar-refractivity contribution in [2.75, 3.05) is 6.54 Å². The summed E-state index contributed by atoms with van der Waals surface area (Å²) in [4.78, 5) is 16.4. The maximum Gasteiger partial charge on any atom is 0.325 e. The predicted octanol–water partition coefficient (Wildman–Crippen LogP) is 1.86. The van der Waals surface area contributed by atoms with E-state index in [9.17, 15) is 4.79 Å². The Bertz CT molecular complexity index is 651. The highest BCUT2D eigenvalue weighted by atomic mass is 16.2. The van der Waals surface area contributed by atoms with Gasteiger partial charge in [0.25, 0.3) is 0 Å². The number of hydrogen-bond donors (Lipinski definition) is 2. The molecule has 2 aliphatic rings. The van der Waals surface area contributed by atoms with Crippen molar-refractivity contribution >= 4 is 6.03 Å². The van der Waals surface area contributed by atoms with Gasteiger partial charge in [0.15, 0.2) is 0 Å². The van der Waals surface area contributed by atoms with E-state index in [1.807, 2.05) is 30.6 Å². The molecule has 2 fully saturated rings. The van der Waals surface area contributed by atoms with E-state index in [-0.39, 0.29) is 6.03 Å². The van der Waals surface area contributed by atoms with Crippen LogP contribution in [0.1, 0.15) is 12.8 Å². The van der Waals surface area contributed by atoms with Crippen LogP contribution in [-0.2, 0) is 0 Å². The van der Waals surface area contributed by atoms with Gasteiger partial charge in [-0.2, -0.15) is 0 Å². The summed E-state index contributed by atoms with van der Waals surface area (Å²) in [5.74, 6) is 0.590. The van der Waals surface area contributed by atoms with Crippen molar-refractivity contribution in [3.63, 3.8) is 0 Å². The van der Waals surface area contributed by atoms with Crippen LogP contribution in [0.15, 0.2) is 43.0 Å². The molecule has 0 radical (unpaired) electrons. The van der Waals surface area contributed by atoms with Crippen LogP contribution in [0.5, 0.6) is 0 Å². The van der Waals surface area contributed by atoms with Crippen molar-refractivity contribution in [1.82, 2.24) is 20.2 Å². The molecule has 2 bridgehead atoms. The van der Waals surface area contributed by atoms with Gasteiger partial charge in [0.1, 0.15) is 0 Å². The molecule has 3 heterocycles. The zero-order valence-electron chi connectivity index (χ0n) is 11.7. The molecule has 1 aliphatic heterocycles. The zero-order chi connectivity index (χ0) is 14.2. The summed E-state index contributed by atoms with van der Waals surface area (Å²) in [5, 5.41) is 6.62. The van der Waals surface area contributed by atoms with Gasteiger partial charge in [0.05, 0.1) is 0 Å². The third kappa shape index (κ3) is 2.34. The molecule has 2 aromatic rings. The molecule has 21 heavy (non-hydrogen) atoms. The average molecular weight is 282 g/mol. The fraction of sp³-hybridized carbons (Fsp3) is 0.375. The first kappa shape index (κ1) is 12.6. The first-order chi connectivity index (χ1) is 10.3. The molecule has 1 aliphatic carbocycles. The van der Waals surface area contributed by atoms with Gasteiger partial charge in [-0.05, 0) is 30.9 Å². The first-order valence-corrected chi connectivity index (χ1v) is 7.42. The second kappa shape index (κ2) is 5.00. The van der Waals surface area contributed by atoms with Gasteiger partial charge in [-0.1, -0.05) is 6.07 Å². The highest BCUT2D eigenvalue weighted by Gasteiger charge is 2.40. The van der Waals surface area contributed by atoms with Gasteiger partial charge in [-0.15, -0.1) is 0 Å². The third-order valence-corrected chi connectivity index (χ3v) is 4.59. The molecular formula is C16H18N4O. The summed E-state index contributed by atoms with van der Waals surface area (Å²) in [6, 6.07) is 6.70. The van der Waals surface area contributed by atoms with E-state index in [0.717, 1.165) is 24.1 Å². The molecule has 2 aromatic heterocycles. The van der Waals surface area contributed by atoms with E-state index in [0.29, 0.717) is 18.0 Å². The molecular weight excluding hydrogens is 264 g/mol. The Morgan fingerprint density at radius 1 is 1.33 bits per heavy atom. The average Bonchev–Trinajstić information content (AvgIpc) is 3.24. The molecule has 2 N–H and O–H groups in total. The maximum absolute atomic E-state index is 12.3. The molecule has 0 spiro atoms. The fourth-order valence-corrected chi connectivity index (χ4v) is 3.47. The lowest BCUT2D eigenvalue weighted by molar-refractivity contribution is 0.233. The Labute approximate surface area is 123 Å². The number of piperidine rings is 1. The lowest BCUT2D eigenvalue weighted by Crippen LogP contribution is -2.45. The van der Waals surface area contributed by atoms with E-state index in [1.54, 1.807) is 17.0 Å². The van der Waals surface area contributed by atoms with Crippen LogP contribution in [-0.4, -0.2) is 34.2 Å². The lowest BCUT2D eigenvalue weighted by Gasteiger charge is -2.23. The van der Waals surface area contributed by atoms with E-state index < -0.39 is 0 Å². The minimum atomic E-state index is -0.0392. The quantitative estimate of drug-likeness (QED) is 0.884. The lowest BCUT2D eigenvalue weighted by atomic mass is 10.0. The van der Waals surface area contributed by atoms with Gasteiger partial charge in [-0.25, -0.2) is 4.79 Å². The number of aromatic nitrogens is 2. The minimum absolute atomic E-state index is 0.0392. The summed E-state index contributed by atoms with van der Waals surface area (Å²) in [5.41, 5.74) is 2.03. The molecule has 1 amide bonds. The molecule has 0 aromatic carbocycles. The molecule has 1 saturated heterocycles. The van der Waals surface area contributed by atoms with Crippen molar-refractivity contribution in [1.29, 1.82) is 0 Å². The topological polar surface area (TPSA) is 59.0 Å². The first-order valence-electron chi connectivity index (χ1n) is 7.42. The number of carbonyl (C=O) groups excluding carboxylic acids is 1. The number of pyridine rings is 1. The largest absolute Gasteiger partial charge is 0.334 e. The van der Waals surface area contributed by atoms with Crippen molar-refractivity contribution in [3.8, 4) is 11.1 Å². The molecule has 5 heteroatoms. The molecule has 1 saturated carbocycles. The number of nitrogens with zero attached hydrogens (tertiary/aromatic N) is 2. The Hall–Kier alpha value is -2.14. The standard InChI is InChI=1S/C16H18N4O/c21-16(19-15-7-14-6-13(15)9-18-14)20-5-3-12(10-20)11-2-1-4-17-8-11/h1-5,8,10,13-15,18H,6-7,9H2,(H,19,21). The SMILES string of the molecule is O=C(NC1CC2CC1CN2)n1ccc(-c2cccnc2)c1. The highest BCUT2D eigenvalue weighted by Crippen LogP contribution is 2.31. The number of carbonyl (C=O) groups is 1. The van der Waals surface area contributed by atoms with Gasteiger partial charge < -0.3 is 10.6 Å². The van der Waals surface area contributed by atoms with E-state index in [1.165, 1.54) is 6.42 Å². The van der Waals surface area contributed by atoms with Crippen LogP contribution in [0.3, 0.4) is 0 Å². The van der Waals surface area contributed by atoms with Gasteiger partial charge in [0.2, 0.25) is 0 Å². The molecule has 3 unspecified atom stereocenters. The van der Waals surface area contributed by atoms with Crippen LogP contribution in [0.4, 0.5) is 4.79 Å². The Kier molecular flexibility index (Phi) is 3.00. The van der Waals surface area contributed by atoms with Crippen LogP contribution in [0, 0.1) is 5.92 Å². The molecule has 5 nitrogen and oxygen atoms in total. The number of nitrogens with one attached hydrogen (secondary N) is 2. The van der Waals surface area contributed by atoms with Crippen LogP contribution in [0.2, 0.25) is 0 Å². The normalized spacial score (nSPS) is 27.0. The van der Waals surface area contributed by atoms with E-state index in [4.69, 9.17) is 0 Å². The summed E-state index contributed by atoms with van der Waals surface area (Å²) in [6.45, 7) is 1.03. The van der Waals surface area contributed by atoms with Gasteiger partial charge >= 0.3 is 6.03 Å². The Morgan fingerprint density at radius 2 is 2.29 bits per heavy atom. The van der Waals surface area contributed by atoms with Gasteiger partial charge in [0, 0.05) is 54.5 Å². The van der Waals surface area contributed by atoms with Crippen LogP contribution in [0.25, 0.3) is 11.1 Å². The second-order valence-electron chi connectivity index (χ2n) is 5.94. The molecule has 108 valence electrons. The van der Waals surface area contributed by atoms with Crippen molar-refractivity contribution < 1.29 is 4.79 Å². The van der Waals surface area contributed by atoms with Crippen LogP contribution >= 0.6 is 0 Å². The van der Waals surface area contributed by atoms with E-state index in [2.05, 4.69) is 15.6 Å². The number of hydrogen-bond acceptors (Lipinski definition) is 3. The summed E-state index contributed by atoms with van der Waals surface area (Å²) < 4.78 is 1.63.